The van der Waals surface area contributed by atoms with Gasteiger partial charge >= 0.3 is 0 Å². The molecular weight excluding hydrogens is 437 g/mol. The van der Waals surface area contributed by atoms with Crippen molar-refractivity contribution in [1.29, 1.82) is 0 Å². The Kier molecular flexibility index (Phi) is 4.80. The van der Waals surface area contributed by atoms with Gasteiger partial charge in [-0.15, -0.1) is 0 Å². The number of benzene rings is 2. The largest absolute Gasteiger partial charge is 0.328 e. The van der Waals surface area contributed by atoms with Crippen molar-refractivity contribution in [1.82, 2.24) is 9.55 Å². The minimum atomic E-state index is -0.0796. The first-order valence-electron chi connectivity index (χ1n) is 8.85. The predicted molar refractivity (Wildman–Crippen MR) is 112 cm³/mol. The highest BCUT2D eigenvalue weighted by Gasteiger charge is 2.15. The van der Waals surface area contributed by atoms with Gasteiger partial charge in [-0.05, 0) is 84.7 Å². The summed E-state index contributed by atoms with van der Waals surface area (Å²) >= 11 is 2.22. The van der Waals surface area contributed by atoms with E-state index in [0.717, 1.165) is 39.2 Å². The van der Waals surface area contributed by atoms with Crippen LogP contribution in [0.25, 0.3) is 11.4 Å². The third-order valence-corrected chi connectivity index (χ3v) is 6.27. The minimum Gasteiger partial charge on any atom is -0.328 e. The van der Waals surface area contributed by atoms with Crippen LogP contribution in [0.15, 0.2) is 48.7 Å². The molecule has 1 aliphatic rings. The van der Waals surface area contributed by atoms with E-state index in [-0.39, 0.29) is 5.91 Å². The molecule has 2 aromatic carbocycles. The summed E-state index contributed by atoms with van der Waals surface area (Å²) < 4.78 is 3.30. The number of hydrogen-bond donors (Lipinski definition) is 1. The van der Waals surface area contributed by atoms with Crippen LogP contribution in [0, 0.1) is 10.5 Å². The number of fused-ring (bicyclic) bond motifs is 1. The average Bonchev–Trinajstić information content (AvgIpc) is 3.09. The fraction of sp³-hybridized carbons (Fsp3) is 0.238. The van der Waals surface area contributed by atoms with Gasteiger partial charge in [-0.1, -0.05) is 12.1 Å². The molecule has 4 rings (SSSR count). The summed E-state index contributed by atoms with van der Waals surface area (Å²) in [6.07, 6.45) is 5.55. The van der Waals surface area contributed by atoms with Gasteiger partial charge in [0, 0.05) is 33.3 Å². The highest BCUT2D eigenvalue weighted by atomic mass is 127. The molecule has 1 N–H and O–H groups in total. The lowest BCUT2D eigenvalue weighted by Gasteiger charge is -2.16. The van der Waals surface area contributed by atoms with E-state index in [2.05, 4.69) is 37.5 Å². The fourth-order valence-electron chi connectivity index (χ4n) is 3.39. The second-order valence-corrected chi connectivity index (χ2v) is 7.73. The lowest BCUT2D eigenvalue weighted by Crippen LogP contribution is -2.14. The molecule has 1 aromatic heterocycles. The van der Waals surface area contributed by atoms with Crippen LogP contribution in [-0.4, -0.2) is 15.5 Å². The summed E-state index contributed by atoms with van der Waals surface area (Å²) in [5.41, 5.74) is 5.01. The molecule has 2 heterocycles. The smallest absolute Gasteiger partial charge is 0.256 e. The van der Waals surface area contributed by atoms with Gasteiger partial charge in [0.15, 0.2) is 0 Å². The zero-order valence-electron chi connectivity index (χ0n) is 14.6. The highest BCUT2D eigenvalue weighted by Crippen LogP contribution is 2.26. The monoisotopic (exact) mass is 457 g/mol. The molecule has 1 amide bonds. The van der Waals surface area contributed by atoms with Gasteiger partial charge in [0.25, 0.3) is 5.91 Å². The Balaban J connectivity index is 1.54. The lowest BCUT2D eigenvalue weighted by atomic mass is 10.1. The lowest BCUT2D eigenvalue weighted by molar-refractivity contribution is 0.102. The van der Waals surface area contributed by atoms with E-state index >= 15 is 0 Å². The Morgan fingerprint density at radius 2 is 1.96 bits per heavy atom. The molecule has 132 valence electrons. The number of amides is 1. The van der Waals surface area contributed by atoms with Crippen molar-refractivity contribution in [3.8, 4) is 11.4 Å². The summed E-state index contributed by atoms with van der Waals surface area (Å²) in [5.74, 6) is 0.940. The molecule has 0 atom stereocenters. The number of halogens is 1. The van der Waals surface area contributed by atoms with Crippen molar-refractivity contribution in [2.45, 2.75) is 32.7 Å². The molecule has 0 unspecified atom stereocenters. The standard InChI is InChI=1S/C21H20IN3O/c1-14-5-4-7-18(19(14)22)21(26)24-16-10-8-15(9-11-16)20-23-13-17-6-2-3-12-25(17)20/h4-5,7-11,13H,2-3,6,12H2,1H3,(H,24,26). The summed E-state index contributed by atoms with van der Waals surface area (Å²) in [6.45, 7) is 3.05. The average molecular weight is 457 g/mol. The first-order valence-corrected chi connectivity index (χ1v) is 9.92. The van der Waals surface area contributed by atoms with E-state index in [1.54, 1.807) is 0 Å². The van der Waals surface area contributed by atoms with Crippen molar-refractivity contribution in [2.75, 3.05) is 5.32 Å². The summed E-state index contributed by atoms with van der Waals surface area (Å²) in [4.78, 5) is 17.2. The van der Waals surface area contributed by atoms with Crippen molar-refractivity contribution in [3.63, 3.8) is 0 Å². The Labute approximate surface area is 166 Å². The number of nitrogens with zero attached hydrogens (tertiary/aromatic N) is 2. The van der Waals surface area contributed by atoms with Crippen molar-refractivity contribution >= 4 is 34.2 Å². The number of carbonyl (C=O) groups excluding carboxylic acids is 1. The Bertz CT molecular complexity index is 960. The molecule has 0 saturated heterocycles. The molecule has 4 nitrogen and oxygen atoms in total. The summed E-state index contributed by atoms with van der Waals surface area (Å²) in [6, 6.07) is 13.7. The van der Waals surface area contributed by atoms with Crippen molar-refractivity contribution < 1.29 is 4.79 Å². The number of nitrogens with one attached hydrogen (secondary N) is 1. The van der Waals surface area contributed by atoms with Crippen LogP contribution in [0.1, 0.15) is 34.5 Å². The van der Waals surface area contributed by atoms with Gasteiger partial charge < -0.3 is 9.88 Å². The van der Waals surface area contributed by atoms with E-state index in [0.29, 0.717) is 5.56 Å². The van der Waals surface area contributed by atoms with Crippen LogP contribution >= 0.6 is 22.6 Å². The van der Waals surface area contributed by atoms with E-state index in [1.165, 1.54) is 18.5 Å². The van der Waals surface area contributed by atoms with Gasteiger partial charge in [-0.3, -0.25) is 4.79 Å². The molecule has 0 bridgehead atoms. The van der Waals surface area contributed by atoms with Crippen LogP contribution in [0.4, 0.5) is 5.69 Å². The van der Waals surface area contributed by atoms with Gasteiger partial charge in [0.2, 0.25) is 0 Å². The van der Waals surface area contributed by atoms with E-state index in [9.17, 15) is 4.79 Å². The third-order valence-electron chi connectivity index (χ3n) is 4.84. The summed E-state index contributed by atoms with van der Waals surface area (Å²) in [5, 5.41) is 2.99. The zero-order chi connectivity index (χ0) is 18.1. The molecule has 0 saturated carbocycles. The molecule has 0 spiro atoms. The second kappa shape index (κ2) is 7.23. The van der Waals surface area contributed by atoms with E-state index < -0.39 is 0 Å². The quantitative estimate of drug-likeness (QED) is 0.560. The highest BCUT2D eigenvalue weighted by molar-refractivity contribution is 14.1. The number of hydrogen-bond acceptors (Lipinski definition) is 2. The third kappa shape index (κ3) is 3.28. The second-order valence-electron chi connectivity index (χ2n) is 6.65. The number of imidazole rings is 1. The molecule has 0 radical (unpaired) electrons. The molecule has 26 heavy (non-hydrogen) atoms. The fourth-order valence-corrected chi connectivity index (χ4v) is 3.99. The Hall–Kier alpha value is -2.15. The molecule has 5 heteroatoms. The molecular formula is C21H20IN3O. The Morgan fingerprint density at radius 3 is 2.77 bits per heavy atom. The van der Waals surface area contributed by atoms with Gasteiger partial charge in [-0.25, -0.2) is 4.98 Å². The van der Waals surface area contributed by atoms with Crippen molar-refractivity contribution in [3.05, 3.63) is 69.1 Å². The molecule has 1 aliphatic heterocycles. The number of aryl methyl sites for hydroxylation is 2. The maximum absolute atomic E-state index is 12.6. The zero-order valence-corrected chi connectivity index (χ0v) is 16.8. The van der Waals surface area contributed by atoms with Crippen LogP contribution < -0.4 is 5.32 Å². The number of aromatic nitrogens is 2. The maximum Gasteiger partial charge on any atom is 0.256 e. The van der Waals surface area contributed by atoms with Crippen LogP contribution in [0.5, 0.6) is 0 Å². The van der Waals surface area contributed by atoms with Crippen molar-refractivity contribution in [2.24, 2.45) is 0 Å². The number of rotatable bonds is 3. The SMILES string of the molecule is Cc1cccc(C(=O)Nc2ccc(-c3ncc4n3CCCC4)cc2)c1I. The first-order chi connectivity index (χ1) is 12.6. The molecule has 3 aromatic rings. The predicted octanol–water partition coefficient (Wildman–Crippen LogP) is 5.05. The topological polar surface area (TPSA) is 46.9 Å². The van der Waals surface area contributed by atoms with Gasteiger partial charge in [-0.2, -0.15) is 0 Å². The van der Waals surface area contributed by atoms with Gasteiger partial charge in [0.1, 0.15) is 5.82 Å². The normalized spacial score (nSPS) is 13.3. The van der Waals surface area contributed by atoms with E-state index in [1.807, 2.05) is 55.6 Å². The van der Waals surface area contributed by atoms with Crippen LogP contribution in [-0.2, 0) is 13.0 Å². The first kappa shape index (κ1) is 17.3. The maximum atomic E-state index is 12.6. The van der Waals surface area contributed by atoms with Crippen LogP contribution in [0.3, 0.4) is 0 Å². The minimum absolute atomic E-state index is 0.0796. The number of anilines is 1. The summed E-state index contributed by atoms with van der Waals surface area (Å²) in [7, 11) is 0. The van der Waals surface area contributed by atoms with Gasteiger partial charge in [0.05, 0.1) is 5.56 Å². The van der Waals surface area contributed by atoms with Crippen LogP contribution in [0.2, 0.25) is 0 Å². The number of carbonyl (C=O) groups is 1. The molecule has 0 fully saturated rings. The van der Waals surface area contributed by atoms with E-state index in [4.69, 9.17) is 0 Å². The Morgan fingerprint density at radius 1 is 1.15 bits per heavy atom. The molecule has 0 aliphatic carbocycles.